The van der Waals surface area contributed by atoms with Crippen LogP contribution in [0.15, 0.2) is 12.7 Å². The monoisotopic (exact) mass is 475 g/mol. The van der Waals surface area contributed by atoms with Crippen molar-refractivity contribution >= 4 is 40.4 Å². The van der Waals surface area contributed by atoms with Gasteiger partial charge in [0.15, 0.2) is 11.5 Å². The van der Waals surface area contributed by atoms with E-state index >= 15 is 0 Å². The Bertz CT molecular complexity index is 1040. The maximum absolute atomic E-state index is 11.7. The van der Waals surface area contributed by atoms with Crippen molar-refractivity contribution in [2.75, 3.05) is 12.3 Å². The van der Waals surface area contributed by atoms with E-state index in [0.717, 1.165) is 0 Å². The van der Waals surface area contributed by atoms with Crippen molar-refractivity contribution in [2.24, 2.45) is 0 Å². The zero-order valence-electron chi connectivity index (χ0n) is 14.3. The molecule has 19 heteroatoms. The molecule has 29 heavy (non-hydrogen) atoms. The Balaban J connectivity index is 1.58. The number of rotatable bonds is 8. The Kier molecular flexibility index (Phi) is 6.26. The van der Waals surface area contributed by atoms with E-state index in [4.69, 9.17) is 25.2 Å². The van der Waals surface area contributed by atoms with Crippen LogP contribution in [0, 0.1) is 0 Å². The molecule has 0 saturated carbocycles. The van der Waals surface area contributed by atoms with Crippen LogP contribution in [0.4, 0.5) is 5.82 Å². The van der Waals surface area contributed by atoms with Crippen LogP contribution in [0.2, 0.25) is 0 Å². The van der Waals surface area contributed by atoms with Gasteiger partial charge in [-0.1, -0.05) is 0 Å². The smallest absolute Gasteiger partial charge is 0.382 e. The quantitative estimate of drug-likeness (QED) is 0.325. The summed E-state index contributed by atoms with van der Waals surface area (Å²) in [5.74, 6) is 0.191. The maximum atomic E-state index is 11.7. The molecule has 4 atom stereocenters. The maximum Gasteiger partial charge on any atom is 0.490 e. The predicted octanol–water partition coefficient (Wildman–Crippen LogP) is 0.429. The van der Waals surface area contributed by atoms with Crippen molar-refractivity contribution in [1.82, 2.24) is 19.5 Å². The number of fused-ring (bicyclic) bond motifs is 1. The lowest BCUT2D eigenvalue weighted by molar-refractivity contribution is -0.0205. The SMILES string of the molecule is Nc1ncnc2c1ncn2[C@@H]1CC[C@@H](COP(=O)(O)OP(=O)(O)OP(=O)(O)O)O1. The fraction of sp³-hybridized carbons (Fsp3) is 0.500. The zero-order valence-corrected chi connectivity index (χ0v) is 17.0. The summed E-state index contributed by atoms with van der Waals surface area (Å²) in [6, 6.07) is 0. The van der Waals surface area contributed by atoms with Gasteiger partial charge in [-0.15, -0.1) is 0 Å². The van der Waals surface area contributed by atoms with Gasteiger partial charge in [0.05, 0.1) is 19.0 Å². The Morgan fingerprint density at radius 1 is 1.10 bits per heavy atom. The highest BCUT2D eigenvalue weighted by molar-refractivity contribution is 7.66. The molecular formula is C10H16N5O11P3. The number of nitrogens with two attached hydrogens (primary N) is 1. The molecule has 1 aliphatic heterocycles. The van der Waals surface area contributed by atoms with Crippen molar-refractivity contribution in [2.45, 2.75) is 25.2 Å². The van der Waals surface area contributed by atoms with E-state index in [9.17, 15) is 18.6 Å². The Morgan fingerprint density at radius 3 is 2.52 bits per heavy atom. The summed E-state index contributed by atoms with van der Waals surface area (Å²) in [4.78, 5) is 47.6. The van der Waals surface area contributed by atoms with Crippen molar-refractivity contribution in [3.8, 4) is 0 Å². The Hall–Kier alpha value is -1.28. The average Bonchev–Trinajstić information content (AvgIpc) is 3.16. The van der Waals surface area contributed by atoms with Gasteiger partial charge in [0.1, 0.15) is 18.1 Å². The van der Waals surface area contributed by atoms with Gasteiger partial charge in [-0.3, -0.25) is 9.09 Å². The minimum absolute atomic E-state index is 0.191. The normalized spacial score (nSPS) is 24.4. The second kappa shape index (κ2) is 8.10. The third kappa shape index (κ3) is 5.87. The molecule has 0 radical (unpaired) electrons. The standard InChI is InChI=1S/C10H16N5O11P3/c11-9-8-10(13-4-12-9)15(5-14-8)7-2-1-6(24-7)3-23-28(19,20)26-29(21,22)25-27(16,17)18/h4-7H,1-3H2,(H,19,20)(H,21,22)(H2,11,12,13)(H2,16,17,18)/t6-,7-/m0/s1. The molecule has 0 spiro atoms. The van der Waals surface area contributed by atoms with Crippen LogP contribution in [0.5, 0.6) is 0 Å². The number of phosphoric acid groups is 3. The van der Waals surface area contributed by atoms with E-state index in [2.05, 4.69) is 28.1 Å². The molecule has 3 heterocycles. The topological polar surface area (TPSA) is 239 Å². The van der Waals surface area contributed by atoms with Gasteiger partial charge in [0.2, 0.25) is 0 Å². The number of ether oxygens (including phenoxy) is 1. The van der Waals surface area contributed by atoms with Gasteiger partial charge in [0.25, 0.3) is 0 Å². The summed E-state index contributed by atoms with van der Waals surface area (Å²) < 4.78 is 52.7. The van der Waals surface area contributed by atoms with Gasteiger partial charge in [-0.2, -0.15) is 8.62 Å². The molecule has 162 valence electrons. The molecule has 0 aromatic carbocycles. The highest BCUT2D eigenvalue weighted by Gasteiger charge is 2.41. The molecule has 1 aliphatic rings. The lowest BCUT2D eigenvalue weighted by Gasteiger charge is -2.18. The van der Waals surface area contributed by atoms with E-state index in [-0.39, 0.29) is 5.82 Å². The van der Waals surface area contributed by atoms with Crippen LogP contribution in [0.1, 0.15) is 19.1 Å². The first-order valence-electron chi connectivity index (χ1n) is 7.72. The first-order chi connectivity index (χ1) is 13.4. The highest BCUT2D eigenvalue weighted by atomic mass is 31.3. The summed E-state index contributed by atoms with van der Waals surface area (Å²) in [6.45, 7) is -0.524. The number of hydrogen-bond donors (Lipinski definition) is 5. The Morgan fingerprint density at radius 2 is 1.83 bits per heavy atom. The van der Waals surface area contributed by atoms with Crippen LogP contribution < -0.4 is 5.73 Å². The lowest BCUT2D eigenvalue weighted by Crippen LogP contribution is -2.16. The van der Waals surface area contributed by atoms with Gasteiger partial charge in [-0.25, -0.2) is 28.6 Å². The molecule has 2 aromatic rings. The molecule has 6 N–H and O–H groups in total. The van der Waals surface area contributed by atoms with Crippen LogP contribution in [0.3, 0.4) is 0 Å². The van der Waals surface area contributed by atoms with Gasteiger partial charge < -0.3 is 30.0 Å². The molecule has 0 bridgehead atoms. The number of hydrogen-bond acceptors (Lipinski definition) is 11. The number of imidazole rings is 1. The minimum Gasteiger partial charge on any atom is -0.382 e. The first-order valence-corrected chi connectivity index (χ1v) is 12.2. The summed E-state index contributed by atoms with van der Waals surface area (Å²) in [5, 5.41) is 0. The van der Waals surface area contributed by atoms with Crippen molar-refractivity contribution < 1.29 is 51.2 Å². The largest absolute Gasteiger partial charge is 0.490 e. The van der Waals surface area contributed by atoms with Gasteiger partial charge in [0, 0.05) is 0 Å². The van der Waals surface area contributed by atoms with Gasteiger partial charge in [-0.05, 0) is 12.8 Å². The summed E-state index contributed by atoms with van der Waals surface area (Å²) in [5.41, 5.74) is 6.53. The van der Waals surface area contributed by atoms with Crippen molar-refractivity contribution in [3.05, 3.63) is 12.7 Å². The van der Waals surface area contributed by atoms with E-state index in [1.54, 1.807) is 4.57 Å². The lowest BCUT2D eigenvalue weighted by atomic mass is 10.2. The minimum atomic E-state index is -5.56. The van der Waals surface area contributed by atoms with E-state index < -0.39 is 42.4 Å². The molecule has 0 aliphatic carbocycles. The summed E-state index contributed by atoms with van der Waals surface area (Å²) in [6.07, 6.45) is 2.30. The number of nitrogen functional groups attached to an aromatic ring is 1. The van der Waals surface area contributed by atoms with Crippen molar-refractivity contribution in [1.29, 1.82) is 0 Å². The summed E-state index contributed by atoms with van der Waals surface area (Å²) >= 11 is 0. The molecule has 3 rings (SSSR count). The fourth-order valence-electron chi connectivity index (χ4n) is 2.58. The molecule has 2 unspecified atom stereocenters. The molecule has 1 saturated heterocycles. The van der Waals surface area contributed by atoms with E-state index in [1.165, 1.54) is 12.7 Å². The second-order valence-electron chi connectivity index (χ2n) is 5.76. The van der Waals surface area contributed by atoms with Crippen molar-refractivity contribution in [3.63, 3.8) is 0 Å². The Labute approximate surface area is 162 Å². The van der Waals surface area contributed by atoms with E-state index in [0.29, 0.717) is 24.0 Å². The number of nitrogens with zero attached hydrogens (tertiary/aromatic N) is 4. The average molecular weight is 475 g/mol. The fourth-order valence-corrected chi connectivity index (χ4v) is 5.62. The van der Waals surface area contributed by atoms with Crippen LogP contribution in [-0.4, -0.2) is 51.8 Å². The molecule has 0 amide bonds. The number of aromatic nitrogens is 4. The number of phosphoric ester groups is 1. The van der Waals surface area contributed by atoms with Gasteiger partial charge >= 0.3 is 23.5 Å². The molecule has 16 nitrogen and oxygen atoms in total. The third-order valence-electron chi connectivity index (χ3n) is 3.62. The molecule has 1 fully saturated rings. The van der Waals surface area contributed by atoms with Crippen LogP contribution in [0.25, 0.3) is 11.2 Å². The summed E-state index contributed by atoms with van der Waals surface area (Å²) in [7, 11) is -16.2. The van der Waals surface area contributed by atoms with Crippen LogP contribution in [-0.2, 0) is 31.6 Å². The predicted molar refractivity (Wildman–Crippen MR) is 92.7 cm³/mol. The second-order valence-corrected chi connectivity index (χ2v) is 10.2. The molecule has 2 aromatic heterocycles. The van der Waals surface area contributed by atoms with Crippen LogP contribution >= 0.6 is 23.5 Å². The highest BCUT2D eigenvalue weighted by Crippen LogP contribution is 2.66. The first kappa shape index (κ1) is 22.4. The third-order valence-corrected chi connectivity index (χ3v) is 7.42. The van der Waals surface area contributed by atoms with E-state index in [1.807, 2.05) is 0 Å². The molecular weight excluding hydrogens is 459 g/mol. The number of anilines is 1. The zero-order chi connectivity index (χ0) is 21.4.